The molecule has 0 bridgehead atoms. The van der Waals surface area contributed by atoms with E-state index in [2.05, 4.69) is 5.32 Å². The van der Waals surface area contributed by atoms with Gasteiger partial charge in [-0.3, -0.25) is 14.4 Å². The molecule has 2 aromatic carbocycles. The highest BCUT2D eigenvalue weighted by molar-refractivity contribution is 6.07. The fraction of sp³-hybridized carbons (Fsp3) is 0.480. The summed E-state index contributed by atoms with van der Waals surface area (Å²) in [4.78, 5) is 42.9. The number of likely N-dealkylation sites (tertiary alicyclic amines) is 2. The fourth-order valence-electron chi connectivity index (χ4n) is 5.01. The van der Waals surface area contributed by atoms with Gasteiger partial charge in [-0.2, -0.15) is 0 Å². The van der Waals surface area contributed by atoms with E-state index in [0.29, 0.717) is 31.2 Å². The summed E-state index contributed by atoms with van der Waals surface area (Å²) in [6, 6.07) is 13.6. The number of rotatable bonds is 4. The van der Waals surface area contributed by atoms with Crippen molar-refractivity contribution in [3.05, 3.63) is 48.0 Å². The van der Waals surface area contributed by atoms with Gasteiger partial charge in [0.25, 0.3) is 5.91 Å². The third-order valence-corrected chi connectivity index (χ3v) is 6.84. The van der Waals surface area contributed by atoms with Crippen LogP contribution in [0, 0.1) is 5.92 Å². The predicted molar refractivity (Wildman–Crippen MR) is 118 cm³/mol. The van der Waals surface area contributed by atoms with Crippen LogP contribution in [0.1, 0.15) is 48.9 Å². The van der Waals surface area contributed by atoms with Crippen LogP contribution in [0.4, 0.5) is 0 Å². The molecule has 2 aliphatic heterocycles. The molecule has 2 aromatic rings. The second-order valence-corrected chi connectivity index (χ2v) is 9.09. The lowest BCUT2D eigenvalue weighted by atomic mass is 9.94. The number of nitrogens with one attached hydrogen (secondary N) is 1. The molecule has 2 saturated heterocycles. The SMILES string of the molecule is O=C(NC1CC1)C1CCCN1C(=O)C1CCCN(C(=O)c2cccc3ccccc23)C1. The van der Waals surface area contributed by atoms with E-state index in [-0.39, 0.29) is 29.7 Å². The van der Waals surface area contributed by atoms with Crippen LogP contribution >= 0.6 is 0 Å². The first-order chi connectivity index (χ1) is 15.1. The highest BCUT2D eigenvalue weighted by atomic mass is 16.2. The lowest BCUT2D eigenvalue weighted by Crippen LogP contribution is -2.51. The van der Waals surface area contributed by atoms with Gasteiger partial charge in [0.1, 0.15) is 6.04 Å². The summed E-state index contributed by atoms with van der Waals surface area (Å²) in [6.45, 7) is 1.72. The summed E-state index contributed by atoms with van der Waals surface area (Å²) < 4.78 is 0. The zero-order valence-electron chi connectivity index (χ0n) is 17.8. The molecule has 2 heterocycles. The van der Waals surface area contributed by atoms with E-state index >= 15 is 0 Å². The Balaban J connectivity index is 1.30. The van der Waals surface area contributed by atoms with Gasteiger partial charge in [-0.25, -0.2) is 0 Å². The highest BCUT2D eigenvalue weighted by Gasteiger charge is 2.40. The van der Waals surface area contributed by atoms with E-state index in [1.807, 2.05) is 47.4 Å². The Morgan fingerprint density at radius 1 is 0.871 bits per heavy atom. The van der Waals surface area contributed by atoms with Crippen LogP contribution in [-0.4, -0.2) is 59.2 Å². The van der Waals surface area contributed by atoms with Crippen LogP contribution in [0.25, 0.3) is 10.8 Å². The van der Waals surface area contributed by atoms with E-state index in [4.69, 9.17) is 0 Å². The molecule has 1 N–H and O–H groups in total. The van der Waals surface area contributed by atoms with E-state index in [1.54, 1.807) is 4.90 Å². The third-order valence-electron chi connectivity index (χ3n) is 6.84. The van der Waals surface area contributed by atoms with Crippen molar-refractivity contribution in [1.82, 2.24) is 15.1 Å². The summed E-state index contributed by atoms with van der Waals surface area (Å²) in [5.41, 5.74) is 0.689. The van der Waals surface area contributed by atoms with E-state index in [9.17, 15) is 14.4 Å². The maximum atomic E-state index is 13.3. The Bertz CT molecular complexity index is 1010. The number of carbonyl (C=O) groups excluding carboxylic acids is 3. The topological polar surface area (TPSA) is 69.7 Å². The second kappa shape index (κ2) is 8.33. The summed E-state index contributed by atoms with van der Waals surface area (Å²) in [7, 11) is 0. The van der Waals surface area contributed by atoms with Gasteiger partial charge in [0.2, 0.25) is 11.8 Å². The van der Waals surface area contributed by atoms with Gasteiger partial charge in [0.15, 0.2) is 0 Å². The highest BCUT2D eigenvalue weighted by Crippen LogP contribution is 2.28. The minimum absolute atomic E-state index is 0.00662. The second-order valence-electron chi connectivity index (χ2n) is 9.09. The summed E-state index contributed by atoms with van der Waals surface area (Å²) in [5, 5.41) is 5.04. The van der Waals surface area contributed by atoms with Crippen molar-refractivity contribution >= 4 is 28.5 Å². The molecule has 1 saturated carbocycles. The molecule has 0 spiro atoms. The van der Waals surface area contributed by atoms with E-state index in [1.165, 1.54) is 0 Å². The quantitative estimate of drug-likeness (QED) is 0.828. The van der Waals surface area contributed by atoms with Crippen molar-refractivity contribution in [3.63, 3.8) is 0 Å². The molecule has 2 atom stereocenters. The first kappa shape index (κ1) is 20.0. The van der Waals surface area contributed by atoms with Gasteiger partial charge < -0.3 is 15.1 Å². The Kier molecular flexibility index (Phi) is 5.38. The molecule has 6 heteroatoms. The molecule has 0 radical (unpaired) electrons. The average molecular weight is 420 g/mol. The molecule has 2 unspecified atom stereocenters. The molecule has 1 aliphatic carbocycles. The Hall–Kier alpha value is -2.89. The minimum atomic E-state index is -0.350. The zero-order valence-corrected chi connectivity index (χ0v) is 17.8. The molecule has 3 amide bonds. The Morgan fingerprint density at radius 2 is 1.65 bits per heavy atom. The summed E-state index contributed by atoms with van der Waals surface area (Å²) in [6.07, 6.45) is 5.25. The molecule has 5 rings (SSSR count). The number of carbonyl (C=O) groups is 3. The normalized spacial score (nSPS) is 23.7. The van der Waals surface area contributed by atoms with Gasteiger partial charge in [0.05, 0.1) is 5.92 Å². The number of fused-ring (bicyclic) bond motifs is 1. The largest absolute Gasteiger partial charge is 0.352 e. The fourth-order valence-corrected chi connectivity index (χ4v) is 5.01. The van der Waals surface area contributed by atoms with Crippen LogP contribution in [0.5, 0.6) is 0 Å². The smallest absolute Gasteiger partial charge is 0.254 e. The number of hydrogen-bond acceptors (Lipinski definition) is 3. The molecule has 31 heavy (non-hydrogen) atoms. The molecule has 3 aliphatic rings. The number of benzene rings is 2. The standard InChI is InChI=1S/C25H29N3O3/c29-23(26-19-12-13-19)22-11-5-15-28(22)24(30)18-8-4-14-27(16-18)25(31)21-10-3-7-17-6-1-2-9-20(17)21/h1-3,6-7,9-10,18-19,22H,4-5,8,11-16H2,(H,26,29). The molecule has 162 valence electrons. The van der Waals surface area contributed by atoms with Crippen molar-refractivity contribution < 1.29 is 14.4 Å². The maximum Gasteiger partial charge on any atom is 0.254 e. The van der Waals surface area contributed by atoms with Crippen LogP contribution in [0.2, 0.25) is 0 Å². The summed E-state index contributed by atoms with van der Waals surface area (Å²) >= 11 is 0. The maximum absolute atomic E-state index is 13.3. The first-order valence-electron chi connectivity index (χ1n) is 11.5. The van der Waals surface area contributed by atoms with Gasteiger partial charge in [-0.15, -0.1) is 0 Å². The predicted octanol–water partition coefficient (Wildman–Crippen LogP) is 2.96. The minimum Gasteiger partial charge on any atom is -0.352 e. The number of piperidine rings is 1. The van der Waals surface area contributed by atoms with Crippen molar-refractivity contribution in [2.24, 2.45) is 5.92 Å². The van der Waals surface area contributed by atoms with E-state index in [0.717, 1.165) is 49.3 Å². The molecular weight excluding hydrogens is 390 g/mol. The van der Waals surface area contributed by atoms with Crippen LogP contribution in [0.15, 0.2) is 42.5 Å². The number of amides is 3. The van der Waals surface area contributed by atoms with Crippen molar-refractivity contribution in [2.75, 3.05) is 19.6 Å². The van der Waals surface area contributed by atoms with E-state index < -0.39 is 0 Å². The number of hydrogen-bond donors (Lipinski definition) is 1. The molecule has 6 nitrogen and oxygen atoms in total. The molecular formula is C25H29N3O3. The summed E-state index contributed by atoms with van der Waals surface area (Å²) in [5.74, 6) is -0.225. The lowest BCUT2D eigenvalue weighted by molar-refractivity contribution is -0.142. The average Bonchev–Trinajstić information content (AvgIpc) is 3.48. The van der Waals surface area contributed by atoms with Gasteiger partial charge in [-0.05, 0) is 55.4 Å². The van der Waals surface area contributed by atoms with Crippen molar-refractivity contribution in [3.8, 4) is 0 Å². The molecule has 0 aromatic heterocycles. The monoisotopic (exact) mass is 419 g/mol. The first-order valence-corrected chi connectivity index (χ1v) is 11.5. The van der Waals surface area contributed by atoms with Gasteiger partial charge >= 0.3 is 0 Å². The lowest BCUT2D eigenvalue weighted by Gasteiger charge is -2.35. The third kappa shape index (κ3) is 4.03. The van der Waals surface area contributed by atoms with Crippen molar-refractivity contribution in [2.45, 2.75) is 50.6 Å². The Labute approximate surface area is 182 Å². The molecule has 3 fully saturated rings. The number of nitrogens with zero attached hydrogens (tertiary/aromatic N) is 2. The van der Waals surface area contributed by atoms with Gasteiger partial charge in [0, 0.05) is 31.2 Å². The van der Waals surface area contributed by atoms with Crippen molar-refractivity contribution in [1.29, 1.82) is 0 Å². The van der Waals surface area contributed by atoms with Crippen LogP contribution in [-0.2, 0) is 9.59 Å². The zero-order chi connectivity index (χ0) is 21.4. The van der Waals surface area contributed by atoms with Crippen LogP contribution < -0.4 is 5.32 Å². The van der Waals surface area contributed by atoms with Gasteiger partial charge in [-0.1, -0.05) is 36.4 Å². The van der Waals surface area contributed by atoms with Crippen LogP contribution in [0.3, 0.4) is 0 Å². The Morgan fingerprint density at radius 3 is 2.48 bits per heavy atom.